The Morgan fingerprint density at radius 3 is 3.08 bits per heavy atom. The zero-order valence-corrected chi connectivity index (χ0v) is 14.6. The van der Waals surface area contributed by atoms with E-state index in [1.807, 2.05) is 6.07 Å². The number of nitrogens with zero attached hydrogens (tertiary/aromatic N) is 1. The topological polar surface area (TPSA) is 84.1 Å². The summed E-state index contributed by atoms with van der Waals surface area (Å²) in [7, 11) is 1.32. The number of nitrogens with one attached hydrogen (secondary N) is 2. The normalized spacial score (nSPS) is 17.8. The molecule has 0 unspecified atom stereocenters. The monoisotopic (exact) mass is 347 g/mol. The van der Waals surface area contributed by atoms with Gasteiger partial charge in [0.05, 0.1) is 18.3 Å². The number of aromatic amines is 1. The molecule has 0 aromatic carbocycles. The maximum atomic E-state index is 12.6. The fourth-order valence-corrected chi connectivity index (χ4v) is 4.11. The predicted molar refractivity (Wildman–Crippen MR) is 91.1 cm³/mol. The van der Waals surface area contributed by atoms with Crippen LogP contribution in [0, 0.1) is 5.92 Å². The van der Waals surface area contributed by atoms with Gasteiger partial charge in [0.2, 0.25) is 0 Å². The summed E-state index contributed by atoms with van der Waals surface area (Å²) in [6.07, 6.45) is 6.71. The van der Waals surface area contributed by atoms with Gasteiger partial charge in [0.15, 0.2) is 0 Å². The lowest BCUT2D eigenvalue weighted by atomic mass is 9.90. The minimum atomic E-state index is -0.735. The highest BCUT2D eigenvalue weighted by atomic mass is 32.1. The number of amides is 1. The van der Waals surface area contributed by atoms with E-state index >= 15 is 0 Å². The van der Waals surface area contributed by atoms with E-state index in [1.165, 1.54) is 35.3 Å². The molecule has 1 aliphatic rings. The number of aryl methyl sites for hydroxylation is 1. The van der Waals surface area contributed by atoms with Gasteiger partial charge in [0.25, 0.3) is 5.91 Å². The first-order valence-corrected chi connectivity index (χ1v) is 8.86. The van der Waals surface area contributed by atoms with Crippen LogP contribution in [0.1, 0.15) is 39.2 Å². The van der Waals surface area contributed by atoms with Gasteiger partial charge in [-0.3, -0.25) is 4.79 Å². The van der Waals surface area contributed by atoms with E-state index in [2.05, 4.69) is 22.2 Å². The molecule has 128 valence electrons. The van der Waals surface area contributed by atoms with Crippen LogP contribution in [-0.4, -0.2) is 35.0 Å². The summed E-state index contributed by atoms with van der Waals surface area (Å²) >= 11 is 1.53. The molecule has 1 aliphatic carbocycles. The first-order valence-electron chi connectivity index (χ1n) is 8.04. The number of ether oxygens (including phenoxy) is 1. The quantitative estimate of drug-likeness (QED) is 0.812. The fraction of sp³-hybridized carbons (Fsp3) is 0.471. The van der Waals surface area contributed by atoms with Gasteiger partial charge in [-0.2, -0.15) is 0 Å². The number of carbonyl (C=O) groups is 2. The number of esters is 1. The molecule has 2 atom stereocenters. The second-order valence-electron chi connectivity index (χ2n) is 6.24. The van der Waals surface area contributed by atoms with E-state index in [4.69, 9.17) is 4.74 Å². The number of fused-ring (bicyclic) bond motifs is 1. The zero-order chi connectivity index (χ0) is 17.1. The van der Waals surface area contributed by atoms with Crippen LogP contribution in [0.5, 0.6) is 0 Å². The molecule has 0 radical (unpaired) electrons. The molecule has 0 spiro atoms. The van der Waals surface area contributed by atoms with Crippen LogP contribution in [0.3, 0.4) is 0 Å². The van der Waals surface area contributed by atoms with Gasteiger partial charge < -0.3 is 15.0 Å². The highest BCUT2D eigenvalue weighted by Crippen LogP contribution is 2.32. The molecular formula is C17H21N3O3S. The zero-order valence-electron chi connectivity index (χ0n) is 13.8. The largest absolute Gasteiger partial charge is 0.467 e. The SMILES string of the molecule is COC(=O)[C@H](Cc1cnc[nH]1)NC(=O)c1cc2c(s1)CC[C@@H](C)C2. The van der Waals surface area contributed by atoms with Crippen molar-refractivity contribution in [3.63, 3.8) is 0 Å². The third-order valence-electron chi connectivity index (χ3n) is 4.32. The number of aromatic nitrogens is 2. The minimum Gasteiger partial charge on any atom is -0.467 e. The number of thiophene rings is 1. The molecule has 2 N–H and O–H groups in total. The maximum absolute atomic E-state index is 12.6. The summed E-state index contributed by atoms with van der Waals surface area (Å²) in [5.74, 6) is -0.0314. The maximum Gasteiger partial charge on any atom is 0.328 e. The summed E-state index contributed by atoms with van der Waals surface area (Å²) in [6.45, 7) is 2.23. The average molecular weight is 347 g/mol. The van der Waals surface area contributed by atoms with Gasteiger partial charge in [-0.25, -0.2) is 9.78 Å². The molecule has 2 heterocycles. The van der Waals surface area contributed by atoms with Crippen LogP contribution in [0.2, 0.25) is 0 Å². The standard InChI is InChI=1S/C17H21N3O3S/c1-10-3-4-14-11(5-10)6-15(24-14)16(21)20-13(17(22)23-2)7-12-8-18-9-19-12/h6,8-10,13H,3-5,7H2,1-2H3,(H,18,19)(H,20,21)/t10-,13+/m1/s1. The van der Waals surface area contributed by atoms with Crippen molar-refractivity contribution in [2.75, 3.05) is 7.11 Å². The Kier molecular flexibility index (Phi) is 4.99. The summed E-state index contributed by atoms with van der Waals surface area (Å²) in [6, 6.07) is 1.23. The van der Waals surface area contributed by atoms with E-state index in [-0.39, 0.29) is 5.91 Å². The van der Waals surface area contributed by atoms with Crippen LogP contribution < -0.4 is 5.32 Å². The van der Waals surface area contributed by atoms with E-state index in [0.29, 0.717) is 17.2 Å². The molecule has 0 aliphatic heterocycles. The summed E-state index contributed by atoms with van der Waals surface area (Å²) in [5, 5.41) is 2.79. The number of carbonyl (C=O) groups excluding carboxylic acids is 2. The molecule has 0 bridgehead atoms. The number of imidazole rings is 1. The lowest BCUT2D eigenvalue weighted by Crippen LogP contribution is -2.42. The van der Waals surface area contributed by atoms with Crippen LogP contribution >= 0.6 is 11.3 Å². The molecular weight excluding hydrogens is 326 g/mol. The highest BCUT2D eigenvalue weighted by Gasteiger charge is 2.26. The summed E-state index contributed by atoms with van der Waals surface area (Å²) in [4.78, 5) is 33.4. The van der Waals surface area contributed by atoms with E-state index in [0.717, 1.165) is 18.5 Å². The van der Waals surface area contributed by atoms with Crippen molar-refractivity contribution in [2.24, 2.45) is 5.92 Å². The molecule has 2 aromatic heterocycles. The summed E-state index contributed by atoms with van der Waals surface area (Å²) < 4.78 is 4.81. The second kappa shape index (κ2) is 7.17. The molecule has 0 saturated heterocycles. The Morgan fingerprint density at radius 1 is 1.54 bits per heavy atom. The van der Waals surface area contributed by atoms with Gasteiger partial charge in [-0.1, -0.05) is 6.92 Å². The third-order valence-corrected chi connectivity index (χ3v) is 5.56. The van der Waals surface area contributed by atoms with Gasteiger partial charge in [-0.15, -0.1) is 11.3 Å². The Morgan fingerprint density at radius 2 is 2.38 bits per heavy atom. The van der Waals surface area contributed by atoms with Crippen molar-refractivity contribution in [2.45, 2.75) is 38.6 Å². The van der Waals surface area contributed by atoms with Crippen molar-refractivity contribution in [3.8, 4) is 0 Å². The summed E-state index contributed by atoms with van der Waals surface area (Å²) in [5.41, 5.74) is 2.04. The number of methoxy groups -OCH3 is 1. The van der Waals surface area contributed by atoms with E-state index in [9.17, 15) is 9.59 Å². The first kappa shape index (κ1) is 16.7. The first-order chi connectivity index (χ1) is 11.6. The highest BCUT2D eigenvalue weighted by molar-refractivity contribution is 7.14. The van der Waals surface area contributed by atoms with Crippen LogP contribution in [-0.2, 0) is 28.8 Å². The minimum absolute atomic E-state index is 0.225. The molecule has 0 fully saturated rings. The Labute approximate surface area is 144 Å². The number of hydrogen-bond donors (Lipinski definition) is 2. The average Bonchev–Trinajstić information content (AvgIpc) is 3.22. The predicted octanol–water partition coefficient (Wildman–Crippen LogP) is 2.11. The third kappa shape index (κ3) is 3.67. The van der Waals surface area contributed by atoms with Gasteiger partial charge in [-0.05, 0) is 36.8 Å². The van der Waals surface area contributed by atoms with Gasteiger partial charge in [0.1, 0.15) is 6.04 Å². The van der Waals surface area contributed by atoms with E-state index in [1.54, 1.807) is 12.5 Å². The second-order valence-corrected chi connectivity index (χ2v) is 7.37. The molecule has 2 aromatic rings. The number of rotatable bonds is 5. The van der Waals surface area contributed by atoms with Gasteiger partial charge in [0, 0.05) is 23.2 Å². The Balaban J connectivity index is 1.72. The van der Waals surface area contributed by atoms with Crippen molar-refractivity contribution in [1.29, 1.82) is 0 Å². The van der Waals surface area contributed by atoms with E-state index < -0.39 is 12.0 Å². The van der Waals surface area contributed by atoms with Crippen molar-refractivity contribution in [1.82, 2.24) is 15.3 Å². The van der Waals surface area contributed by atoms with Crippen LogP contribution in [0.25, 0.3) is 0 Å². The molecule has 1 amide bonds. The van der Waals surface area contributed by atoms with Gasteiger partial charge >= 0.3 is 5.97 Å². The molecule has 3 rings (SSSR count). The Bertz CT molecular complexity index is 724. The van der Waals surface area contributed by atoms with Crippen molar-refractivity contribution in [3.05, 3.63) is 39.6 Å². The molecule has 0 saturated carbocycles. The lowest BCUT2D eigenvalue weighted by Gasteiger charge is -2.16. The number of hydrogen-bond acceptors (Lipinski definition) is 5. The smallest absolute Gasteiger partial charge is 0.328 e. The van der Waals surface area contributed by atoms with Crippen LogP contribution in [0.15, 0.2) is 18.6 Å². The van der Waals surface area contributed by atoms with Crippen molar-refractivity contribution < 1.29 is 14.3 Å². The van der Waals surface area contributed by atoms with Crippen molar-refractivity contribution >= 4 is 23.2 Å². The lowest BCUT2D eigenvalue weighted by molar-refractivity contribution is -0.142. The van der Waals surface area contributed by atoms with Crippen LogP contribution in [0.4, 0.5) is 0 Å². The molecule has 6 nitrogen and oxygen atoms in total. The Hall–Kier alpha value is -2.15. The number of H-pyrrole nitrogens is 1. The molecule has 24 heavy (non-hydrogen) atoms. The molecule has 7 heteroatoms. The fourth-order valence-electron chi connectivity index (χ4n) is 3.00.